The summed E-state index contributed by atoms with van der Waals surface area (Å²) in [6.07, 6.45) is 0.604. The molecule has 1 rings (SSSR count). The highest BCUT2D eigenvalue weighted by atomic mass is 79.9. The van der Waals surface area contributed by atoms with Crippen molar-refractivity contribution in [1.29, 1.82) is 0 Å². The lowest BCUT2D eigenvalue weighted by molar-refractivity contribution is -0.385. The molecule has 0 fully saturated rings. The Morgan fingerprint density at radius 1 is 1.50 bits per heavy atom. The molecule has 0 radical (unpaired) electrons. The van der Waals surface area contributed by atoms with Crippen molar-refractivity contribution >= 4 is 27.5 Å². The molecule has 0 bridgehead atoms. The van der Waals surface area contributed by atoms with Gasteiger partial charge in [-0.3, -0.25) is 14.9 Å². The zero-order valence-electron chi connectivity index (χ0n) is 11.3. The molecule has 0 saturated heterocycles. The van der Waals surface area contributed by atoms with Crippen LogP contribution in [-0.4, -0.2) is 28.6 Å². The van der Waals surface area contributed by atoms with Gasteiger partial charge in [-0.25, -0.2) is 0 Å². The van der Waals surface area contributed by atoms with Gasteiger partial charge in [0.1, 0.15) is 5.56 Å². The second-order valence-corrected chi connectivity index (χ2v) is 5.82. The Bertz CT molecular complexity index is 505. The molecule has 0 aliphatic heterocycles. The maximum absolute atomic E-state index is 12.1. The number of nitrogens with one attached hydrogen (secondary N) is 1. The van der Waals surface area contributed by atoms with E-state index in [2.05, 4.69) is 21.2 Å². The first-order chi connectivity index (χ1) is 9.35. The number of carbonyl (C=O) groups excluding carboxylic acids is 1. The molecule has 7 heteroatoms. The molecule has 0 aromatic heterocycles. The van der Waals surface area contributed by atoms with Gasteiger partial charge in [0.05, 0.1) is 17.6 Å². The van der Waals surface area contributed by atoms with Crippen molar-refractivity contribution in [2.75, 3.05) is 6.61 Å². The molecule has 1 amide bonds. The number of aliphatic hydroxyl groups is 1. The van der Waals surface area contributed by atoms with Gasteiger partial charge >= 0.3 is 0 Å². The molecule has 110 valence electrons. The fourth-order valence-corrected chi connectivity index (χ4v) is 2.21. The van der Waals surface area contributed by atoms with Crippen LogP contribution in [0.3, 0.4) is 0 Å². The number of nitro benzene ring substituents is 1. The van der Waals surface area contributed by atoms with Crippen LogP contribution in [0.2, 0.25) is 0 Å². The van der Waals surface area contributed by atoms with Gasteiger partial charge in [-0.2, -0.15) is 0 Å². The van der Waals surface area contributed by atoms with Crippen molar-refractivity contribution < 1.29 is 14.8 Å². The Hall–Kier alpha value is -1.47. The number of halogens is 1. The van der Waals surface area contributed by atoms with Crippen LogP contribution in [0.1, 0.15) is 30.6 Å². The number of hydrogen-bond acceptors (Lipinski definition) is 4. The van der Waals surface area contributed by atoms with Crippen molar-refractivity contribution in [1.82, 2.24) is 5.32 Å². The summed E-state index contributed by atoms with van der Waals surface area (Å²) >= 11 is 3.13. The largest absolute Gasteiger partial charge is 0.394 e. The van der Waals surface area contributed by atoms with E-state index in [0.29, 0.717) is 16.8 Å². The molecule has 0 heterocycles. The third-order valence-electron chi connectivity index (χ3n) is 2.71. The highest BCUT2D eigenvalue weighted by Crippen LogP contribution is 2.23. The number of nitro groups is 1. The van der Waals surface area contributed by atoms with Crippen molar-refractivity contribution in [3.8, 4) is 0 Å². The highest BCUT2D eigenvalue weighted by molar-refractivity contribution is 9.10. The minimum absolute atomic E-state index is 0.0135. The third-order valence-corrected chi connectivity index (χ3v) is 3.21. The zero-order chi connectivity index (χ0) is 15.3. The van der Waals surface area contributed by atoms with Gasteiger partial charge in [0.25, 0.3) is 11.6 Å². The minimum Gasteiger partial charge on any atom is -0.394 e. The SMILES string of the molecule is CC(C)CC(CO)NC(=O)c1ccc(Br)cc1[N+](=O)[O-]. The van der Waals surface area contributed by atoms with Gasteiger partial charge in [-0.05, 0) is 24.5 Å². The van der Waals surface area contributed by atoms with Crippen LogP contribution in [0.5, 0.6) is 0 Å². The Morgan fingerprint density at radius 3 is 2.65 bits per heavy atom. The van der Waals surface area contributed by atoms with E-state index in [1.165, 1.54) is 12.1 Å². The lowest BCUT2D eigenvalue weighted by Crippen LogP contribution is -2.38. The number of carbonyl (C=O) groups is 1. The first-order valence-electron chi connectivity index (χ1n) is 6.20. The maximum atomic E-state index is 12.1. The van der Waals surface area contributed by atoms with Crippen LogP contribution in [0.4, 0.5) is 5.69 Å². The van der Waals surface area contributed by atoms with Gasteiger partial charge in [0, 0.05) is 10.5 Å². The van der Waals surface area contributed by atoms with Gasteiger partial charge in [-0.15, -0.1) is 0 Å². The average Bonchev–Trinajstić information content (AvgIpc) is 2.36. The predicted molar refractivity (Wildman–Crippen MR) is 78.6 cm³/mol. The maximum Gasteiger partial charge on any atom is 0.283 e. The van der Waals surface area contributed by atoms with Gasteiger partial charge in [-0.1, -0.05) is 29.8 Å². The first kappa shape index (κ1) is 16.6. The van der Waals surface area contributed by atoms with Crippen LogP contribution >= 0.6 is 15.9 Å². The van der Waals surface area contributed by atoms with Crippen LogP contribution in [0.25, 0.3) is 0 Å². The number of nitrogens with zero attached hydrogens (tertiary/aromatic N) is 1. The summed E-state index contributed by atoms with van der Waals surface area (Å²) < 4.78 is 0.529. The summed E-state index contributed by atoms with van der Waals surface area (Å²) in [5.41, 5.74) is -0.279. The van der Waals surface area contributed by atoms with Crippen molar-refractivity contribution in [2.24, 2.45) is 5.92 Å². The summed E-state index contributed by atoms with van der Waals surface area (Å²) in [6.45, 7) is 3.74. The molecule has 1 aromatic rings. The summed E-state index contributed by atoms with van der Waals surface area (Å²) in [6, 6.07) is 3.83. The van der Waals surface area contributed by atoms with Crippen LogP contribution in [0, 0.1) is 16.0 Å². The number of hydrogen-bond donors (Lipinski definition) is 2. The molecule has 20 heavy (non-hydrogen) atoms. The predicted octanol–water partition coefficient (Wildman–Crippen LogP) is 2.49. The summed E-state index contributed by atoms with van der Waals surface area (Å²) in [4.78, 5) is 22.5. The molecule has 1 atom stereocenters. The molecular formula is C13H17BrN2O4. The lowest BCUT2D eigenvalue weighted by atomic mass is 10.0. The highest BCUT2D eigenvalue weighted by Gasteiger charge is 2.22. The lowest BCUT2D eigenvalue weighted by Gasteiger charge is -2.18. The fraction of sp³-hybridized carbons (Fsp3) is 0.462. The molecular weight excluding hydrogens is 328 g/mol. The standard InChI is InChI=1S/C13H17BrN2O4/c1-8(2)5-10(7-17)15-13(18)11-4-3-9(14)6-12(11)16(19)20/h3-4,6,8,10,17H,5,7H2,1-2H3,(H,15,18). The van der Waals surface area contributed by atoms with Gasteiger partial charge in [0.2, 0.25) is 0 Å². The second-order valence-electron chi connectivity index (χ2n) is 4.90. The molecule has 1 unspecified atom stereocenters. The van der Waals surface area contributed by atoms with Crippen LogP contribution in [-0.2, 0) is 0 Å². The summed E-state index contributed by atoms with van der Waals surface area (Å²) in [7, 11) is 0. The molecule has 0 spiro atoms. The summed E-state index contributed by atoms with van der Waals surface area (Å²) in [5.74, 6) is -0.253. The monoisotopic (exact) mass is 344 g/mol. The van der Waals surface area contributed by atoms with E-state index < -0.39 is 16.9 Å². The topological polar surface area (TPSA) is 92.5 Å². The van der Waals surface area contributed by atoms with Crippen molar-refractivity contribution in [2.45, 2.75) is 26.3 Å². The van der Waals surface area contributed by atoms with Crippen LogP contribution < -0.4 is 5.32 Å². The van der Waals surface area contributed by atoms with E-state index in [0.717, 1.165) is 0 Å². The van der Waals surface area contributed by atoms with Crippen LogP contribution in [0.15, 0.2) is 22.7 Å². The van der Waals surface area contributed by atoms with E-state index in [1.807, 2.05) is 13.8 Å². The third kappa shape index (κ3) is 4.57. The fourth-order valence-electron chi connectivity index (χ4n) is 1.86. The second kappa shape index (κ2) is 7.35. The van der Waals surface area contributed by atoms with Crippen molar-refractivity contribution in [3.63, 3.8) is 0 Å². The van der Waals surface area contributed by atoms with Crippen molar-refractivity contribution in [3.05, 3.63) is 38.3 Å². The zero-order valence-corrected chi connectivity index (χ0v) is 12.9. The number of amides is 1. The molecule has 0 saturated carbocycles. The summed E-state index contributed by atoms with van der Waals surface area (Å²) in [5, 5.41) is 22.8. The van der Waals surface area contributed by atoms with Gasteiger partial charge in [0.15, 0.2) is 0 Å². The number of benzene rings is 1. The number of rotatable bonds is 6. The Balaban J connectivity index is 2.94. The van der Waals surface area contributed by atoms with E-state index in [9.17, 15) is 20.0 Å². The molecule has 0 aliphatic rings. The smallest absolute Gasteiger partial charge is 0.283 e. The molecule has 1 aromatic carbocycles. The molecule has 0 aliphatic carbocycles. The van der Waals surface area contributed by atoms with E-state index >= 15 is 0 Å². The van der Waals surface area contributed by atoms with E-state index in [4.69, 9.17) is 0 Å². The Morgan fingerprint density at radius 2 is 2.15 bits per heavy atom. The number of aliphatic hydroxyl groups excluding tert-OH is 1. The Kier molecular flexibility index (Phi) is 6.09. The molecule has 2 N–H and O–H groups in total. The Labute approximate surface area is 125 Å². The van der Waals surface area contributed by atoms with Gasteiger partial charge < -0.3 is 10.4 Å². The van der Waals surface area contributed by atoms with E-state index in [-0.39, 0.29) is 17.9 Å². The first-order valence-corrected chi connectivity index (χ1v) is 7.00. The minimum atomic E-state index is -0.601. The van der Waals surface area contributed by atoms with E-state index in [1.54, 1.807) is 6.07 Å². The molecule has 6 nitrogen and oxygen atoms in total. The normalized spacial score (nSPS) is 12.2. The average molecular weight is 345 g/mol. The quantitative estimate of drug-likeness (QED) is 0.612.